The van der Waals surface area contributed by atoms with E-state index in [0.717, 1.165) is 31.0 Å². The number of hydrogen-bond donors (Lipinski definition) is 4. The molecule has 0 saturated carbocycles. The maximum absolute atomic E-state index is 13.3. The van der Waals surface area contributed by atoms with Crippen molar-refractivity contribution in [3.05, 3.63) is 145 Å². The number of halogens is 20. The first kappa shape index (κ1) is 68.2. The second-order valence-electron chi connectivity index (χ2n) is 16.2. The first-order valence-electron chi connectivity index (χ1n) is 21.5. The predicted octanol–water partition coefficient (Wildman–Crippen LogP) is 17.5. The van der Waals surface area contributed by atoms with Crippen molar-refractivity contribution in [2.45, 2.75) is 44.3 Å². The summed E-state index contributed by atoms with van der Waals surface area (Å²) in [6.45, 7) is 14.9. The van der Waals surface area contributed by atoms with Gasteiger partial charge in [0, 0.05) is 21.6 Å². The van der Waals surface area contributed by atoms with Crippen LogP contribution < -0.4 is 22.9 Å². The number of nitrogens with zero attached hydrogens (tertiary/aromatic N) is 12. The SMILES string of the molecule is [C-]#[N+]c1nn(-c2c(Cl)cc(C(F)(F)F)cc2Cl)c(N)c1SS(=O)(=O)Sc1c(C#N)nn(-c2c(Cl)cc(C(F)(F)F)cc2Cl)c1N.[C-]#[N+]c1nn(-c2c(Cl)cc(C(F)(F)F)cc2Cl)c(N)c1SSc1c(C#N)nn(-c2c(Cl)cc(C(F)(F)F)cc2Cl)c1N. The molecule has 0 saturated heterocycles. The smallest absolute Gasteiger partial charge is 0.383 e. The highest BCUT2D eigenvalue weighted by Gasteiger charge is 2.38. The number of alkyl halides is 12. The first-order valence-corrected chi connectivity index (χ1v) is 30.9. The fourth-order valence-electron chi connectivity index (χ4n) is 6.97. The number of aromatic nitrogens is 8. The standard InChI is InChI=1S/C22H8Cl4F6N8O2S3.C22H8Cl4F6N8S2/c1-36-20-17(19(35)40(38-20)15-11(25)4-8(5-12(15)26)22(30,31)32)44-45(41,42)43-16-13(6-33)37-39(18(16)34)14-9(23)2-7(3-10(14)24)21(27,28)29;1-36-20-17(19(35)40(38-20)15-11(25)4-8(5-12(15)26)22(30,31)32)42-41-16-13(6-33)37-39(18(16)34)14-9(23)2-7(3-10(14)24)21(27,28)29/h2-5H,34-35H2;2-5H,34-35H2. The molecule has 0 radical (unpaired) electrons. The zero-order valence-corrected chi connectivity index (χ0v) is 50.8. The summed E-state index contributed by atoms with van der Waals surface area (Å²) < 4.78 is 188. The molecular weight excluding hydrogens is 1460 g/mol. The van der Waals surface area contributed by atoms with Crippen LogP contribution in [-0.2, 0) is 32.6 Å². The molecule has 0 aliphatic carbocycles. The molecule has 0 amide bonds. The first-order chi connectivity index (χ1) is 40.2. The zero-order chi connectivity index (χ0) is 65.1. The van der Waals surface area contributed by atoms with Gasteiger partial charge in [0.2, 0.25) is 0 Å². The Kier molecular flexibility index (Phi) is 19.8. The minimum Gasteiger partial charge on any atom is -0.383 e. The van der Waals surface area contributed by atoms with E-state index in [0.29, 0.717) is 57.9 Å². The molecule has 18 nitrogen and oxygen atoms in total. The Morgan fingerprint density at radius 2 is 0.655 bits per heavy atom. The lowest BCUT2D eigenvalue weighted by Gasteiger charge is -2.13. The topological polar surface area (TPSA) is 266 Å². The van der Waals surface area contributed by atoms with Crippen LogP contribution >= 0.6 is 136 Å². The summed E-state index contributed by atoms with van der Waals surface area (Å²) in [4.78, 5) is 5.40. The van der Waals surface area contributed by atoms with Gasteiger partial charge >= 0.3 is 36.3 Å². The number of hydrogen-bond acceptors (Lipinski definition) is 16. The summed E-state index contributed by atoms with van der Waals surface area (Å²) in [6.07, 6.45) is -19.1. The number of nitrogen functional groups attached to an aromatic ring is 4. The predicted molar refractivity (Wildman–Crippen MR) is 306 cm³/mol. The summed E-state index contributed by atoms with van der Waals surface area (Å²) >= 11 is 48.3. The maximum atomic E-state index is 13.3. The molecule has 87 heavy (non-hydrogen) atoms. The van der Waals surface area contributed by atoms with E-state index < -0.39 is 128 Å². The van der Waals surface area contributed by atoms with Gasteiger partial charge in [-0.25, -0.2) is 17.8 Å². The van der Waals surface area contributed by atoms with Gasteiger partial charge in [0.05, 0.1) is 77.1 Å². The lowest BCUT2D eigenvalue weighted by atomic mass is 10.2. The molecule has 0 fully saturated rings. The normalized spacial score (nSPS) is 12.1. The molecule has 0 unspecified atom stereocenters. The summed E-state index contributed by atoms with van der Waals surface area (Å²) in [5.74, 6) is -2.48. The van der Waals surface area contributed by atoms with Crippen molar-refractivity contribution in [2.24, 2.45) is 0 Å². The summed E-state index contributed by atoms with van der Waals surface area (Å²) in [6, 6.07) is 7.97. The molecule has 4 heterocycles. The van der Waals surface area contributed by atoms with E-state index in [2.05, 4.69) is 30.1 Å². The Morgan fingerprint density at radius 1 is 0.425 bits per heavy atom. The van der Waals surface area contributed by atoms with Crippen LogP contribution in [0.4, 0.5) is 87.6 Å². The molecule has 0 bridgehead atoms. The average Bonchev–Trinajstić information content (AvgIpc) is 2.15. The fraction of sp³-hybridized carbons (Fsp3) is 0.0909. The van der Waals surface area contributed by atoms with Gasteiger partial charge in [-0.1, -0.05) is 117 Å². The number of nitriles is 2. The average molecular weight is 1470 g/mol. The van der Waals surface area contributed by atoms with E-state index in [4.69, 9.17) is 129 Å². The van der Waals surface area contributed by atoms with Gasteiger partial charge in [0.1, 0.15) is 51.4 Å². The maximum Gasteiger partial charge on any atom is 0.416 e. The second-order valence-corrected chi connectivity index (χ2v) is 27.8. The zero-order valence-electron chi connectivity index (χ0n) is 40.7. The number of anilines is 4. The summed E-state index contributed by atoms with van der Waals surface area (Å²) in [5, 5.41) is 30.7. The summed E-state index contributed by atoms with van der Waals surface area (Å²) in [7, 11) is -3.10. The molecular formula is C44H16Cl8F12N16O2S5. The van der Waals surface area contributed by atoms with Crippen LogP contribution in [0.15, 0.2) is 68.1 Å². The Morgan fingerprint density at radius 3 is 0.943 bits per heavy atom. The molecule has 0 aliphatic heterocycles. The third-order valence-electron chi connectivity index (χ3n) is 10.7. The molecule has 8 aromatic rings. The van der Waals surface area contributed by atoms with Crippen LogP contribution in [0.3, 0.4) is 0 Å². The van der Waals surface area contributed by atoms with Crippen molar-refractivity contribution in [3.63, 3.8) is 0 Å². The molecule has 4 aromatic heterocycles. The van der Waals surface area contributed by atoms with Crippen LogP contribution in [0.2, 0.25) is 40.2 Å². The van der Waals surface area contributed by atoms with Gasteiger partial charge in [0.15, 0.2) is 23.0 Å². The van der Waals surface area contributed by atoms with Crippen molar-refractivity contribution >= 4 is 179 Å². The Hall–Kier alpha value is -6.29. The monoisotopic (exact) mass is 1470 g/mol. The molecule has 0 atom stereocenters. The third-order valence-corrected chi connectivity index (χ3v) is 20.4. The van der Waals surface area contributed by atoms with Crippen LogP contribution in [0.1, 0.15) is 33.6 Å². The largest absolute Gasteiger partial charge is 0.416 e. The van der Waals surface area contributed by atoms with E-state index >= 15 is 0 Å². The lowest BCUT2D eigenvalue weighted by Crippen LogP contribution is -2.08. The molecule has 8 rings (SSSR count). The van der Waals surface area contributed by atoms with Crippen molar-refractivity contribution < 1.29 is 61.1 Å². The Bertz CT molecular complexity index is 4080. The molecule has 8 N–H and O–H groups in total. The second kappa shape index (κ2) is 25.3. The van der Waals surface area contributed by atoms with Crippen LogP contribution in [0.25, 0.3) is 32.4 Å². The van der Waals surface area contributed by atoms with Gasteiger partial charge in [-0.15, -0.1) is 9.36 Å². The highest BCUT2D eigenvalue weighted by molar-refractivity contribution is 9.04. The van der Waals surface area contributed by atoms with Gasteiger partial charge in [0.25, 0.3) is 7.90 Å². The van der Waals surface area contributed by atoms with Crippen LogP contribution in [0, 0.1) is 35.8 Å². The Balaban J connectivity index is 0.000000249. The lowest BCUT2D eigenvalue weighted by molar-refractivity contribution is -0.138. The highest BCUT2D eigenvalue weighted by Crippen LogP contribution is 2.52. The number of nitrogens with two attached hydrogens (primary N) is 4. The van der Waals surface area contributed by atoms with Crippen LogP contribution in [-0.4, -0.2) is 47.5 Å². The number of rotatable bonds is 11. The van der Waals surface area contributed by atoms with E-state index in [9.17, 15) is 71.6 Å². The minimum absolute atomic E-state index is 0.00297. The van der Waals surface area contributed by atoms with Gasteiger partial charge in [-0.2, -0.15) is 73.4 Å². The molecule has 0 spiro atoms. The quantitative estimate of drug-likeness (QED) is 0.0533. The van der Waals surface area contributed by atoms with E-state index in [-0.39, 0.29) is 77.3 Å². The molecule has 4 aromatic carbocycles. The minimum atomic E-state index is -4.81. The Labute approximate surface area is 532 Å². The van der Waals surface area contributed by atoms with Crippen LogP contribution in [0.5, 0.6) is 0 Å². The van der Waals surface area contributed by atoms with Gasteiger partial charge < -0.3 is 32.6 Å². The van der Waals surface area contributed by atoms with Crippen molar-refractivity contribution in [1.29, 1.82) is 10.5 Å². The van der Waals surface area contributed by atoms with E-state index in [1.165, 1.54) is 0 Å². The molecule has 43 heteroatoms. The molecule has 454 valence electrons. The van der Waals surface area contributed by atoms with E-state index in [1.807, 2.05) is 0 Å². The van der Waals surface area contributed by atoms with E-state index in [1.54, 1.807) is 12.1 Å². The van der Waals surface area contributed by atoms with Gasteiger partial charge in [-0.05, 0) is 69.5 Å². The van der Waals surface area contributed by atoms with Gasteiger partial charge in [-0.3, -0.25) is 0 Å². The third kappa shape index (κ3) is 14.1. The fourth-order valence-corrected chi connectivity index (χ4v) is 16.8. The highest BCUT2D eigenvalue weighted by atomic mass is 35.5. The summed E-state index contributed by atoms with van der Waals surface area (Å²) in [5.41, 5.74) is 17.7. The van der Waals surface area contributed by atoms with Crippen molar-refractivity contribution in [3.8, 4) is 34.9 Å². The van der Waals surface area contributed by atoms with Crippen molar-refractivity contribution in [1.82, 2.24) is 39.1 Å². The number of benzene rings is 4. The van der Waals surface area contributed by atoms with Crippen molar-refractivity contribution in [2.75, 3.05) is 22.9 Å². The molecule has 0 aliphatic rings.